The van der Waals surface area contributed by atoms with Gasteiger partial charge in [-0.1, -0.05) is 12.1 Å². The number of halogens is 1. The zero-order chi connectivity index (χ0) is 24.8. The maximum Gasteiger partial charge on any atom is 0.408 e. The average Bonchev–Trinajstić information content (AvgIpc) is 2.79. The Labute approximate surface area is 204 Å². The number of benzene rings is 1. The molecule has 0 aromatic heterocycles. The first-order chi connectivity index (χ1) is 15.7. The highest BCUT2D eigenvalue weighted by Gasteiger charge is 2.28. The maximum absolute atomic E-state index is 12.1. The van der Waals surface area contributed by atoms with Crippen LogP contribution in [0.25, 0.3) is 0 Å². The molecule has 11 nitrogen and oxygen atoms in total. The molecule has 2 atom stereocenters. The van der Waals surface area contributed by atoms with E-state index < -0.39 is 36.1 Å². The first-order valence-electron chi connectivity index (χ1n) is 10.0. The first kappa shape index (κ1) is 28.1. The van der Waals surface area contributed by atoms with Gasteiger partial charge in [0.25, 0.3) is 0 Å². The molecule has 33 heavy (non-hydrogen) atoms. The lowest BCUT2D eigenvalue weighted by Gasteiger charge is -2.18. The number of alkyl carbamates (subject to hydrolysis) is 1. The molecule has 0 spiro atoms. The number of methoxy groups -OCH3 is 2. The summed E-state index contributed by atoms with van der Waals surface area (Å²) >= 11 is 2.20. The molecule has 182 valence electrons. The third-order valence-corrected chi connectivity index (χ3v) is 5.17. The molecule has 3 N–H and O–H groups in total. The lowest BCUT2D eigenvalue weighted by Crippen LogP contribution is -2.44. The fourth-order valence-electron chi connectivity index (χ4n) is 2.63. The fourth-order valence-corrected chi connectivity index (χ4v) is 2.99. The summed E-state index contributed by atoms with van der Waals surface area (Å²) in [5.41, 5.74) is 1.06. The Morgan fingerprint density at radius 3 is 2.24 bits per heavy atom. The van der Waals surface area contributed by atoms with Crippen molar-refractivity contribution in [2.45, 2.75) is 44.2 Å². The van der Waals surface area contributed by atoms with E-state index >= 15 is 0 Å². The van der Waals surface area contributed by atoms with Crippen molar-refractivity contribution in [1.82, 2.24) is 10.6 Å². The second-order valence-corrected chi connectivity index (χ2v) is 8.08. The van der Waals surface area contributed by atoms with Crippen molar-refractivity contribution >= 4 is 52.5 Å². The van der Waals surface area contributed by atoms with Gasteiger partial charge in [-0.25, -0.2) is 14.4 Å². The molecule has 0 unspecified atom stereocenters. The minimum absolute atomic E-state index is 0.121. The maximum atomic E-state index is 12.1. The average molecular weight is 578 g/mol. The summed E-state index contributed by atoms with van der Waals surface area (Å²) in [4.78, 5) is 58.6. The molecule has 0 bridgehead atoms. The predicted octanol–water partition coefficient (Wildman–Crippen LogP) is 1.40. The minimum atomic E-state index is -1.43. The van der Waals surface area contributed by atoms with Crippen LogP contribution in [0.1, 0.15) is 31.2 Å². The number of hydrogen-bond acceptors (Lipinski definition) is 8. The summed E-state index contributed by atoms with van der Waals surface area (Å²) in [6.45, 7) is 0.393. The third-order valence-electron chi connectivity index (χ3n) is 4.45. The number of carboxylic acid groups (broad SMARTS) is 1. The predicted molar refractivity (Wildman–Crippen MR) is 123 cm³/mol. The van der Waals surface area contributed by atoms with E-state index in [9.17, 15) is 29.1 Å². The lowest BCUT2D eigenvalue weighted by molar-refractivity contribution is -0.151. The van der Waals surface area contributed by atoms with Gasteiger partial charge in [-0.2, -0.15) is 0 Å². The highest BCUT2D eigenvalue weighted by molar-refractivity contribution is 14.1. The number of carboxylic acids is 1. The van der Waals surface area contributed by atoms with Gasteiger partial charge >= 0.3 is 24.0 Å². The molecular weight excluding hydrogens is 551 g/mol. The van der Waals surface area contributed by atoms with Crippen LogP contribution in [-0.2, 0) is 39.8 Å². The van der Waals surface area contributed by atoms with E-state index in [1.165, 1.54) is 0 Å². The Hall–Kier alpha value is -2.90. The van der Waals surface area contributed by atoms with Crippen molar-refractivity contribution in [3.8, 4) is 0 Å². The molecule has 0 aliphatic heterocycles. The summed E-state index contributed by atoms with van der Waals surface area (Å²) in [5.74, 6) is -3.27. The van der Waals surface area contributed by atoms with Crippen LogP contribution in [0.5, 0.6) is 0 Å². The van der Waals surface area contributed by atoms with E-state index in [-0.39, 0.29) is 31.6 Å². The summed E-state index contributed by atoms with van der Waals surface area (Å²) < 4.78 is 15.1. The molecule has 0 aliphatic carbocycles. The van der Waals surface area contributed by atoms with Crippen LogP contribution in [0.3, 0.4) is 0 Å². The molecule has 1 aromatic carbocycles. The zero-order valence-electron chi connectivity index (χ0n) is 18.3. The topological polar surface area (TPSA) is 157 Å². The highest BCUT2D eigenvalue weighted by Crippen LogP contribution is 2.09. The van der Waals surface area contributed by atoms with Crippen molar-refractivity contribution in [3.63, 3.8) is 0 Å². The minimum Gasteiger partial charge on any atom is -0.480 e. The smallest absolute Gasteiger partial charge is 0.408 e. The number of carbonyl (C=O) groups excluding carboxylic acids is 4. The number of rotatable bonds is 13. The molecule has 1 aromatic rings. The standard InChI is InChI=1S/C21H27IN2O9/c1-31-18(26)10-7-15(19(27)28)24-21(30)33-16(20(29)32-2)8-9-17(25)23-12-11-13-3-5-14(22)6-4-13/h3-6,15-16H,7-12H2,1-2H3,(H,23,25)(H,24,30)(H,27,28)/t15-,16-/m0/s1. The van der Waals surface area contributed by atoms with Crippen molar-refractivity contribution < 1.29 is 43.3 Å². The van der Waals surface area contributed by atoms with Crippen LogP contribution < -0.4 is 10.6 Å². The number of nitrogens with one attached hydrogen (secondary N) is 2. The normalized spacial score (nSPS) is 12.1. The monoisotopic (exact) mass is 578 g/mol. The number of esters is 2. The molecule has 12 heteroatoms. The van der Waals surface area contributed by atoms with Crippen LogP contribution in [0.15, 0.2) is 24.3 Å². The number of amides is 2. The number of hydrogen-bond donors (Lipinski definition) is 3. The lowest BCUT2D eigenvalue weighted by atomic mass is 10.1. The van der Waals surface area contributed by atoms with E-state index in [1.807, 2.05) is 24.3 Å². The first-order valence-corrected chi connectivity index (χ1v) is 11.1. The van der Waals surface area contributed by atoms with Crippen molar-refractivity contribution in [3.05, 3.63) is 33.4 Å². The van der Waals surface area contributed by atoms with Crippen LogP contribution in [-0.4, -0.2) is 67.9 Å². The van der Waals surface area contributed by atoms with E-state index in [2.05, 4.69) is 42.7 Å². The molecule has 0 saturated carbocycles. The largest absolute Gasteiger partial charge is 0.480 e. The summed E-state index contributed by atoms with van der Waals surface area (Å²) in [5, 5.41) is 14.0. The Morgan fingerprint density at radius 1 is 1.00 bits per heavy atom. The molecule has 0 heterocycles. The third kappa shape index (κ3) is 11.5. The van der Waals surface area contributed by atoms with Crippen LogP contribution in [0.4, 0.5) is 4.79 Å². The van der Waals surface area contributed by atoms with Gasteiger partial charge < -0.3 is 30.0 Å². The molecule has 0 saturated heterocycles. The van der Waals surface area contributed by atoms with Gasteiger partial charge in [-0.05, 0) is 53.1 Å². The number of ether oxygens (including phenoxy) is 3. The van der Waals surface area contributed by atoms with Crippen LogP contribution in [0, 0.1) is 3.57 Å². The van der Waals surface area contributed by atoms with Gasteiger partial charge in [0.1, 0.15) is 6.04 Å². The summed E-state index contributed by atoms with van der Waals surface area (Å²) in [6.07, 6.45) is -2.72. The van der Waals surface area contributed by atoms with E-state index in [4.69, 9.17) is 4.74 Å². The van der Waals surface area contributed by atoms with E-state index in [1.54, 1.807) is 0 Å². The second kappa shape index (κ2) is 15.0. The Morgan fingerprint density at radius 2 is 1.67 bits per heavy atom. The molecular formula is C21H27IN2O9. The molecule has 0 aliphatic rings. The second-order valence-electron chi connectivity index (χ2n) is 6.83. The van der Waals surface area contributed by atoms with Crippen molar-refractivity contribution in [2.75, 3.05) is 20.8 Å². The molecule has 2 amide bonds. The van der Waals surface area contributed by atoms with Gasteiger partial charge in [0.15, 0.2) is 0 Å². The summed E-state index contributed by atoms with van der Waals surface area (Å²) in [6, 6.07) is 6.42. The van der Waals surface area contributed by atoms with E-state index in [0.717, 1.165) is 23.4 Å². The van der Waals surface area contributed by atoms with Crippen molar-refractivity contribution in [2.24, 2.45) is 0 Å². The number of aliphatic carboxylic acids is 1. The molecule has 1 rings (SSSR count). The van der Waals surface area contributed by atoms with Crippen LogP contribution in [0.2, 0.25) is 0 Å². The van der Waals surface area contributed by atoms with Gasteiger partial charge in [0, 0.05) is 29.4 Å². The Bertz CT molecular complexity index is 830. The van der Waals surface area contributed by atoms with Gasteiger partial charge in [-0.3, -0.25) is 9.59 Å². The Kier molecular flexibility index (Phi) is 12.8. The zero-order valence-corrected chi connectivity index (χ0v) is 20.5. The summed E-state index contributed by atoms with van der Waals surface area (Å²) in [7, 11) is 2.24. The SMILES string of the molecule is COC(=O)CC[C@H](NC(=O)O[C@@H](CCC(=O)NCCc1ccc(I)cc1)C(=O)OC)C(=O)O. The van der Waals surface area contributed by atoms with Gasteiger partial charge in [-0.15, -0.1) is 0 Å². The highest BCUT2D eigenvalue weighted by atomic mass is 127. The number of carbonyl (C=O) groups is 5. The fraction of sp³-hybridized carbons (Fsp3) is 0.476. The quantitative estimate of drug-likeness (QED) is 0.179. The Balaban J connectivity index is 2.52. The van der Waals surface area contributed by atoms with E-state index in [0.29, 0.717) is 13.0 Å². The van der Waals surface area contributed by atoms with Crippen molar-refractivity contribution in [1.29, 1.82) is 0 Å². The van der Waals surface area contributed by atoms with Gasteiger partial charge in [0.2, 0.25) is 12.0 Å². The van der Waals surface area contributed by atoms with Crippen LogP contribution >= 0.6 is 22.6 Å². The molecule has 0 fully saturated rings. The van der Waals surface area contributed by atoms with Gasteiger partial charge in [0.05, 0.1) is 14.2 Å². The molecule has 0 radical (unpaired) electrons.